The molecular formula is C19H16N2O. The normalized spacial score (nSPS) is 14.2. The number of rotatable bonds is 3. The zero-order valence-corrected chi connectivity index (χ0v) is 12.2. The second kappa shape index (κ2) is 5.34. The maximum Gasteiger partial charge on any atom is 0.291 e. The van der Waals surface area contributed by atoms with Crippen LogP contribution in [0.25, 0.3) is 22.2 Å². The van der Waals surface area contributed by atoms with Gasteiger partial charge in [0.25, 0.3) is 5.56 Å². The molecule has 1 saturated carbocycles. The third-order valence-electron chi connectivity index (χ3n) is 4.10. The van der Waals surface area contributed by atoms with Gasteiger partial charge in [-0.25, -0.2) is 9.97 Å². The molecule has 0 spiro atoms. The van der Waals surface area contributed by atoms with E-state index in [0.29, 0.717) is 17.1 Å². The van der Waals surface area contributed by atoms with E-state index in [4.69, 9.17) is 4.98 Å². The Balaban J connectivity index is 2.03. The average Bonchev–Trinajstić information content (AvgIpc) is 3.37. The fourth-order valence-electron chi connectivity index (χ4n) is 2.73. The highest BCUT2D eigenvalue weighted by Gasteiger charge is 2.24. The number of para-hydroxylation sites is 1. The highest BCUT2D eigenvalue weighted by molar-refractivity contribution is 5.91. The third kappa shape index (κ3) is 2.50. The van der Waals surface area contributed by atoms with Gasteiger partial charge in [-0.3, -0.25) is 4.79 Å². The quantitative estimate of drug-likeness (QED) is 0.739. The fraction of sp³-hybridized carbons (Fsp3) is 0.211. The zero-order chi connectivity index (χ0) is 14.9. The molecule has 108 valence electrons. The minimum atomic E-state index is -0.190. The molecule has 1 fully saturated rings. The molecule has 0 aliphatic heterocycles. The van der Waals surface area contributed by atoms with Crippen molar-refractivity contribution in [1.29, 1.82) is 0 Å². The van der Waals surface area contributed by atoms with Crippen molar-refractivity contribution in [2.75, 3.05) is 0 Å². The monoisotopic (exact) mass is 288 g/mol. The number of aromatic nitrogens is 2. The summed E-state index contributed by atoms with van der Waals surface area (Å²) in [7, 11) is 0. The summed E-state index contributed by atoms with van der Waals surface area (Å²) in [6, 6.07) is 17.8. The molecule has 0 bridgehead atoms. The number of fused-ring (bicyclic) bond motifs is 1. The summed E-state index contributed by atoms with van der Waals surface area (Å²) in [6.07, 6.45) is 3.13. The largest absolute Gasteiger partial charge is 0.291 e. The van der Waals surface area contributed by atoms with E-state index >= 15 is 0 Å². The summed E-state index contributed by atoms with van der Waals surface area (Å²) in [5.41, 5.74) is 2.98. The Labute approximate surface area is 128 Å². The number of benzene rings is 2. The molecule has 3 heteroatoms. The predicted octanol–water partition coefficient (Wildman–Crippen LogP) is 3.61. The Kier molecular flexibility index (Phi) is 3.19. The first-order valence-electron chi connectivity index (χ1n) is 7.66. The van der Waals surface area contributed by atoms with Gasteiger partial charge in [0, 0.05) is 10.9 Å². The molecule has 0 radical (unpaired) electrons. The van der Waals surface area contributed by atoms with Gasteiger partial charge in [0.05, 0.1) is 11.2 Å². The van der Waals surface area contributed by atoms with Crippen molar-refractivity contribution >= 4 is 10.9 Å². The van der Waals surface area contributed by atoms with Crippen LogP contribution in [0.3, 0.4) is 0 Å². The summed E-state index contributed by atoms with van der Waals surface area (Å²) < 4.78 is 0. The number of hydrogen-bond acceptors (Lipinski definition) is 3. The first-order chi connectivity index (χ1) is 10.8. The van der Waals surface area contributed by atoms with E-state index in [1.807, 2.05) is 54.6 Å². The first kappa shape index (κ1) is 13.1. The molecular weight excluding hydrogens is 272 g/mol. The van der Waals surface area contributed by atoms with E-state index < -0.39 is 0 Å². The second-order valence-electron chi connectivity index (χ2n) is 5.85. The van der Waals surface area contributed by atoms with Crippen LogP contribution < -0.4 is 5.56 Å². The molecule has 0 unspecified atom stereocenters. The van der Waals surface area contributed by atoms with Gasteiger partial charge in [0.1, 0.15) is 5.69 Å². The molecule has 1 aromatic heterocycles. The van der Waals surface area contributed by atoms with Crippen molar-refractivity contribution in [3.63, 3.8) is 0 Å². The molecule has 0 amide bonds. The van der Waals surface area contributed by atoms with Gasteiger partial charge in [-0.1, -0.05) is 48.5 Å². The van der Waals surface area contributed by atoms with Crippen LogP contribution in [0.4, 0.5) is 0 Å². The van der Waals surface area contributed by atoms with Gasteiger partial charge >= 0.3 is 0 Å². The van der Waals surface area contributed by atoms with E-state index in [9.17, 15) is 4.79 Å². The smallest absolute Gasteiger partial charge is 0.265 e. The van der Waals surface area contributed by atoms with Crippen molar-refractivity contribution < 1.29 is 0 Å². The molecule has 3 nitrogen and oxygen atoms in total. The Morgan fingerprint density at radius 1 is 0.909 bits per heavy atom. The number of hydrogen-bond donors (Lipinski definition) is 0. The van der Waals surface area contributed by atoms with Crippen LogP contribution in [0.2, 0.25) is 0 Å². The topological polar surface area (TPSA) is 42.9 Å². The van der Waals surface area contributed by atoms with Crippen molar-refractivity contribution in [2.24, 2.45) is 5.92 Å². The molecule has 0 saturated heterocycles. The zero-order valence-electron chi connectivity index (χ0n) is 12.2. The Bertz CT molecular complexity index is 886. The summed E-state index contributed by atoms with van der Waals surface area (Å²) >= 11 is 0. The summed E-state index contributed by atoms with van der Waals surface area (Å²) in [6.45, 7) is 0. The van der Waals surface area contributed by atoms with Gasteiger partial charge < -0.3 is 0 Å². The molecule has 0 N–H and O–H groups in total. The minimum Gasteiger partial charge on any atom is -0.265 e. The van der Waals surface area contributed by atoms with Gasteiger partial charge in [-0.2, -0.15) is 0 Å². The van der Waals surface area contributed by atoms with E-state index in [2.05, 4.69) is 4.98 Å². The summed E-state index contributed by atoms with van der Waals surface area (Å²) in [5, 5.41) is 0.924. The van der Waals surface area contributed by atoms with Crippen LogP contribution >= 0.6 is 0 Å². The predicted molar refractivity (Wildman–Crippen MR) is 87.7 cm³/mol. The maximum absolute atomic E-state index is 12.4. The fourth-order valence-corrected chi connectivity index (χ4v) is 2.73. The van der Waals surface area contributed by atoms with E-state index in [-0.39, 0.29) is 5.56 Å². The van der Waals surface area contributed by atoms with Crippen molar-refractivity contribution in [3.8, 4) is 11.3 Å². The van der Waals surface area contributed by atoms with Crippen LogP contribution in [0.5, 0.6) is 0 Å². The summed E-state index contributed by atoms with van der Waals surface area (Å²) in [4.78, 5) is 21.4. The SMILES string of the molecule is O=c1nc2ccccc2c(-c2ccccc2)nc1CC1CC1. The van der Waals surface area contributed by atoms with Crippen LogP contribution in [0.1, 0.15) is 18.5 Å². The van der Waals surface area contributed by atoms with Gasteiger partial charge in [-0.15, -0.1) is 0 Å². The molecule has 22 heavy (non-hydrogen) atoms. The molecule has 3 aromatic rings. The molecule has 1 heterocycles. The van der Waals surface area contributed by atoms with Crippen LogP contribution in [0.15, 0.2) is 59.4 Å². The van der Waals surface area contributed by atoms with Crippen molar-refractivity contribution in [1.82, 2.24) is 9.97 Å². The average molecular weight is 288 g/mol. The minimum absolute atomic E-state index is 0.190. The molecule has 2 aromatic carbocycles. The standard InChI is InChI=1S/C19H16N2O/c22-19-17(12-13-10-11-13)20-18(14-6-2-1-3-7-14)15-8-4-5-9-16(15)21-19/h1-9,13H,10-12H2. The van der Waals surface area contributed by atoms with Crippen LogP contribution in [-0.2, 0) is 6.42 Å². The Morgan fingerprint density at radius 3 is 2.41 bits per heavy atom. The van der Waals surface area contributed by atoms with Crippen LogP contribution in [0, 0.1) is 5.92 Å². The van der Waals surface area contributed by atoms with E-state index in [1.54, 1.807) is 0 Å². The Hall–Kier alpha value is -2.55. The van der Waals surface area contributed by atoms with Crippen molar-refractivity contribution in [2.45, 2.75) is 19.3 Å². The van der Waals surface area contributed by atoms with E-state index in [1.165, 1.54) is 12.8 Å². The first-order valence-corrected chi connectivity index (χ1v) is 7.66. The molecule has 1 aliphatic carbocycles. The third-order valence-corrected chi connectivity index (χ3v) is 4.10. The summed E-state index contributed by atoms with van der Waals surface area (Å²) in [5.74, 6) is 0.608. The Morgan fingerprint density at radius 2 is 1.64 bits per heavy atom. The van der Waals surface area contributed by atoms with Gasteiger partial charge in [0.15, 0.2) is 0 Å². The van der Waals surface area contributed by atoms with Crippen molar-refractivity contribution in [3.05, 3.63) is 70.6 Å². The van der Waals surface area contributed by atoms with Crippen LogP contribution in [-0.4, -0.2) is 9.97 Å². The maximum atomic E-state index is 12.4. The lowest BCUT2D eigenvalue weighted by molar-refractivity contribution is 0.795. The van der Waals surface area contributed by atoms with E-state index in [0.717, 1.165) is 23.1 Å². The lowest BCUT2D eigenvalue weighted by atomic mass is 10.1. The van der Waals surface area contributed by atoms with Gasteiger partial charge in [0.2, 0.25) is 0 Å². The highest BCUT2D eigenvalue weighted by atomic mass is 16.1. The van der Waals surface area contributed by atoms with Gasteiger partial charge in [-0.05, 0) is 31.2 Å². The second-order valence-corrected chi connectivity index (χ2v) is 5.85. The lowest BCUT2D eigenvalue weighted by Crippen LogP contribution is -2.11. The molecule has 0 atom stereocenters. The molecule has 4 rings (SSSR count). The highest BCUT2D eigenvalue weighted by Crippen LogP contribution is 2.32. The number of nitrogens with zero attached hydrogens (tertiary/aromatic N) is 2. The molecule has 1 aliphatic rings. The lowest BCUT2D eigenvalue weighted by Gasteiger charge is -2.02.